The fourth-order valence-corrected chi connectivity index (χ4v) is 5.22. The van der Waals surface area contributed by atoms with Crippen molar-refractivity contribution >= 4 is 17.2 Å². The first-order chi connectivity index (χ1) is 13.0. The highest BCUT2D eigenvalue weighted by Crippen LogP contribution is 2.37. The number of piperidine rings is 1. The predicted octanol–water partition coefficient (Wildman–Crippen LogP) is 1.61. The number of thiazole rings is 1. The van der Waals surface area contributed by atoms with E-state index in [4.69, 9.17) is 4.52 Å². The number of aryl methyl sites for hydroxylation is 2. The summed E-state index contributed by atoms with van der Waals surface area (Å²) < 4.78 is 5.31. The Labute approximate surface area is 162 Å². The van der Waals surface area contributed by atoms with Crippen LogP contribution < -0.4 is 5.32 Å². The number of amides is 1. The van der Waals surface area contributed by atoms with Crippen LogP contribution in [0.25, 0.3) is 0 Å². The van der Waals surface area contributed by atoms with Gasteiger partial charge in [-0.3, -0.25) is 14.6 Å². The van der Waals surface area contributed by atoms with E-state index in [0.29, 0.717) is 23.1 Å². The maximum atomic E-state index is 12.8. The van der Waals surface area contributed by atoms with E-state index in [0.717, 1.165) is 44.6 Å². The molecule has 2 aromatic rings. The Balaban J connectivity index is 1.49. The molecule has 4 rings (SSSR count). The van der Waals surface area contributed by atoms with Gasteiger partial charge in [0.15, 0.2) is 5.82 Å². The molecule has 9 heteroatoms. The van der Waals surface area contributed by atoms with Gasteiger partial charge in [0.2, 0.25) is 5.89 Å². The molecular formula is C18H26N6O2S. The lowest BCUT2D eigenvalue weighted by Crippen LogP contribution is -2.63. The summed E-state index contributed by atoms with van der Waals surface area (Å²) in [6.45, 7) is 7.26. The standard InChI is InChI=1S/C18H26N6O2S/c1-12-16(27-11-19-12)17(25)21-14-5-8-23(3)18(14)6-4-7-24(10-18)9-15-20-13(2)22-26-15/h11,14H,4-10H2,1-3H3,(H,21,25). The molecule has 2 unspecified atom stereocenters. The molecule has 0 radical (unpaired) electrons. The van der Waals surface area contributed by atoms with E-state index in [1.54, 1.807) is 5.51 Å². The van der Waals surface area contributed by atoms with E-state index in [-0.39, 0.29) is 17.5 Å². The van der Waals surface area contributed by atoms with Gasteiger partial charge in [-0.25, -0.2) is 4.98 Å². The van der Waals surface area contributed by atoms with Gasteiger partial charge in [-0.2, -0.15) is 4.98 Å². The van der Waals surface area contributed by atoms with Gasteiger partial charge < -0.3 is 9.84 Å². The van der Waals surface area contributed by atoms with Crippen LogP contribution in [-0.2, 0) is 6.54 Å². The van der Waals surface area contributed by atoms with Crippen molar-refractivity contribution in [3.05, 3.63) is 27.8 Å². The molecular weight excluding hydrogens is 364 g/mol. The Bertz CT molecular complexity index is 820. The average molecular weight is 391 g/mol. The van der Waals surface area contributed by atoms with Crippen LogP contribution in [0.1, 0.15) is 46.3 Å². The molecule has 8 nitrogen and oxygen atoms in total. The van der Waals surface area contributed by atoms with Gasteiger partial charge in [0.1, 0.15) is 4.88 Å². The molecule has 1 N–H and O–H groups in total. The molecule has 146 valence electrons. The summed E-state index contributed by atoms with van der Waals surface area (Å²) in [7, 11) is 2.17. The molecule has 0 aromatic carbocycles. The molecule has 4 heterocycles. The Kier molecular flexibility index (Phi) is 5.00. The van der Waals surface area contributed by atoms with Crippen LogP contribution in [0.4, 0.5) is 0 Å². The number of aromatic nitrogens is 3. The lowest BCUT2D eigenvalue weighted by molar-refractivity contribution is 0.0313. The quantitative estimate of drug-likeness (QED) is 0.849. The highest BCUT2D eigenvalue weighted by Gasteiger charge is 2.50. The average Bonchev–Trinajstić information content (AvgIpc) is 3.32. The van der Waals surface area contributed by atoms with E-state index in [1.807, 2.05) is 13.8 Å². The molecule has 0 bridgehead atoms. The maximum Gasteiger partial charge on any atom is 0.263 e. The van der Waals surface area contributed by atoms with Crippen molar-refractivity contribution in [1.29, 1.82) is 0 Å². The summed E-state index contributed by atoms with van der Waals surface area (Å²) >= 11 is 1.41. The van der Waals surface area contributed by atoms with E-state index < -0.39 is 0 Å². The van der Waals surface area contributed by atoms with Gasteiger partial charge in [-0.05, 0) is 46.7 Å². The van der Waals surface area contributed by atoms with Crippen molar-refractivity contribution < 1.29 is 9.32 Å². The zero-order valence-electron chi connectivity index (χ0n) is 16.1. The van der Waals surface area contributed by atoms with Gasteiger partial charge in [0.25, 0.3) is 5.91 Å². The first-order valence-electron chi connectivity index (χ1n) is 9.42. The topological polar surface area (TPSA) is 87.4 Å². The van der Waals surface area contributed by atoms with E-state index >= 15 is 0 Å². The summed E-state index contributed by atoms with van der Waals surface area (Å²) in [4.78, 5) is 26.8. The summed E-state index contributed by atoms with van der Waals surface area (Å²) in [5, 5.41) is 7.21. The summed E-state index contributed by atoms with van der Waals surface area (Å²) in [5.74, 6) is 1.32. The molecule has 2 saturated heterocycles. The summed E-state index contributed by atoms with van der Waals surface area (Å²) in [5.41, 5.74) is 2.48. The minimum absolute atomic E-state index is 0.000625. The SMILES string of the molecule is Cc1noc(CN2CCCC3(C2)C(NC(=O)c2scnc2C)CCN3C)n1. The molecule has 2 fully saturated rings. The second-order valence-corrected chi connectivity index (χ2v) is 8.51. The van der Waals surface area contributed by atoms with E-state index in [9.17, 15) is 4.79 Å². The number of hydrogen-bond donors (Lipinski definition) is 1. The Morgan fingerprint density at radius 1 is 1.44 bits per heavy atom. The zero-order chi connectivity index (χ0) is 19.0. The van der Waals surface area contributed by atoms with Crippen LogP contribution in [0.3, 0.4) is 0 Å². The lowest BCUT2D eigenvalue weighted by atomic mass is 9.82. The molecule has 27 heavy (non-hydrogen) atoms. The Hall–Kier alpha value is -1.84. The normalized spacial score (nSPS) is 26.7. The minimum Gasteiger partial charge on any atom is -0.347 e. The molecule has 0 saturated carbocycles. The highest BCUT2D eigenvalue weighted by molar-refractivity contribution is 7.11. The van der Waals surface area contributed by atoms with Crippen molar-refractivity contribution in [2.45, 2.75) is 51.2 Å². The number of nitrogens with zero attached hydrogens (tertiary/aromatic N) is 5. The van der Waals surface area contributed by atoms with Gasteiger partial charge in [0, 0.05) is 13.1 Å². The molecule has 2 aliphatic rings. The van der Waals surface area contributed by atoms with Crippen molar-refractivity contribution in [3.8, 4) is 0 Å². The van der Waals surface area contributed by atoms with Crippen LogP contribution in [0.5, 0.6) is 0 Å². The Morgan fingerprint density at radius 2 is 2.30 bits per heavy atom. The number of carbonyl (C=O) groups is 1. The van der Waals surface area contributed by atoms with Gasteiger partial charge in [-0.15, -0.1) is 11.3 Å². The fourth-order valence-electron chi connectivity index (χ4n) is 4.51. The third-order valence-corrected chi connectivity index (χ3v) is 6.86. The monoisotopic (exact) mass is 390 g/mol. The smallest absolute Gasteiger partial charge is 0.263 e. The second kappa shape index (κ2) is 7.29. The van der Waals surface area contributed by atoms with Crippen LogP contribution >= 0.6 is 11.3 Å². The third kappa shape index (κ3) is 3.51. The molecule has 2 aliphatic heterocycles. The predicted molar refractivity (Wildman–Crippen MR) is 102 cm³/mol. The number of likely N-dealkylation sites (tertiary alicyclic amines) is 2. The van der Waals surface area contributed by atoms with Crippen molar-refractivity contribution in [2.75, 3.05) is 26.7 Å². The maximum absolute atomic E-state index is 12.8. The second-order valence-electron chi connectivity index (χ2n) is 7.66. The number of hydrogen-bond acceptors (Lipinski definition) is 8. The van der Waals surface area contributed by atoms with Crippen LogP contribution in [0, 0.1) is 13.8 Å². The van der Waals surface area contributed by atoms with E-state index in [2.05, 4.69) is 37.3 Å². The number of rotatable bonds is 4. The Morgan fingerprint density at radius 3 is 3.00 bits per heavy atom. The largest absolute Gasteiger partial charge is 0.347 e. The van der Waals surface area contributed by atoms with Gasteiger partial charge in [0.05, 0.1) is 29.3 Å². The fraction of sp³-hybridized carbons (Fsp3) is 0.667. The molecule has 1 spiro atoms. The minimum atomic E-state index is -0.0540. The summed E-state index contributed by atoms with van der Waals surface area (Å²) in [6.07, 6.45) is 3.13. The van der Waals surface area contributed by atoms with Crippen LogP contribution in [-0.4, -0.2) is 69.1 Å². The van der Waals surface area contributed by atoms with Crippen molar-refractivity contribution in [2.24, 2.45) is 0 Å². The van der Waals surface area contributed by atoms with Crippen LogP contribution in [0.2, 0.25) is 0 Å². The molecule has 1 amide bonds. The summed E-state index contributed by atoms with van der Waals surface area (Å²) in [6, 6.07) is 0.128. The van der Waals surface area contributed by atoms with Crippen molar-refractivity contribution in [1.82, 2.24) is 30.2 Å². The number of likely N-dealkylation sites (N-methyl/N-ethyl adjacent to an activating group) is 1. The van der Waals surface area contributed by atoms with Crippen molar-refractivity contribution in [3.63, 3.8) is 0 Å². The molecule has 2 atom stereocenters. The zero-order valence-corrected chi connectivity index (χ0v) is 16.9. The highest BCUT2D eigenvalue weighted by atomic mass is 32.1. The van der Waals surface area contributed by atoms with E-state index in [1.165, 1.54) is 11.3 Å². The van der Waals surface area contributed by atoms with Gasteiger partial charge in [-0.1, -0.05) is 5.16 Å². The first kappa shape index (κ1) is 18.5. The first-order valence-corrected chi connectivity index (χ1v) is 10.3. The third-order valence-electron chi connectivity index (χ3n) is 5.93. The lowest BCUT2D eigenvalue weighted by Gasteiger charge is -2.47. The number of nitrogens with one attached hydrogen (secondary N) is 1. The molecule has 0 aliphatic carbocycles. The molecule has 2 aromatic heterocycles. The van der Waals surface area contributed by atoms with Crippen LogP contribution in [0.15, 0.2) is 10.0 Å². The number of carbonyl (C=O) groups excluding carboxylic acids is 1. The van der Waals surface area contributed by atoms with Gasteiger partial charge >= 0.3 is 0 Å².